The van der Waals surface area contributed by atoms with Crippen LogP contribution in [0.4, 0.5) is 5.69 Å². The van der Waals surface area contributed by atoms with Gasteiger partial charge in [-0.1, -0.05) is 38.1 Å². The number of rotatable bonds is 6. The topological polar surface area (TPSA) is 50.2 Å². The van der Waals surface area contributed by atoms with Crippen LogP contribution >= 0.6 is 0 Å². The number of anilines is 1. The van der Waals surface area contributed by atoms with Gasteiger partial charge in [0, 0.05) is 37.3 Å². The van der Waals surface area contributed by atoms with Crippen LogP contribution in [-0.2, 0) is 13.1 Å². The molecule has 5 nitrogen and oxygen atoms in total. The lowest BCUT2D eigenvalue weighted by Gasteiger charge is -2.13. The summed E-state index contributed by atoms with van der Waals surface area (Å²) < 4.78 is 2.04. The van der Waals surface area contributed by atoms with Crippen LogP contribution in [0.15, 0.2) is 48.5 Å². The average Bonchev–Trinajstić information content (AvgIpc) is 2.97. The third-order valence-corrected chi connectivity index (χ3v) is 4.31. The van der Waals surface area contributed by atoms with Gasteiger partial charge in [-0.25, -0.2) is 0 Å². The number of para-hydroxylation sites is 1. The van der Waals surface area contributed by atoms with Gasteiger partial charge in [-0.3, -0.25) is 9.48 Å². The second-order valence-corrected chi connectivity index (χ2v) is 7.17. The number of fused-ring (bicyclic) bond motifs is 1. The number of benzene rings is 2. The van der Waals surface area contributed by atoms with E-state index in [2.05, 4.69) is 31.3 Å². The lowest BCUT2D eigenvalue weighted by Crippen LogP contribution is -2.23. The molecule has 0 fully saturated rings. The zero-order valence-electron chi connectivity index (χ0n) is 15.9. The zero-order chi connectivity index (χ0) is 18.7. The molecule has 1 amide bonds. The Morgan fingerprint density at radius 2 is 1.92 bits per heavy atom. The molecule has 1 aromatic heterocycles. The maximum Gasteiger partial charge on any atom is 0.251 e. The second-order valence-electron chi connectivity index (χ2n) is 7.17. The minimum atomic E-state index is -0.0869. The van der Waals surface area contributed by atoms with Crippen molar-refractivity contribution in [2.24, 2.45) is 5.92 Å². The monoisotopic (exact) mass is 350 g/mol. The summed E-state index contributed by atoms with van der Waals surface area (Å²) in [6.45, 7) is 5.63. The van der Waals surface area contributed by atoms with Crippen molar-refractivity contribution in [1.29, 1.82) is 0 Å². The molecule has 0 aliphatic rings. The van der Waals surface area contributed by atoms with E-state index in [1.165, 1.54) is 0 Å². The summed E-state index contributed by atoms with van der Waals surface area (Å²) in [5.74, 6) is 0.422. The second kappa shape index (κ2) is 7.60. The molecule has 0 aliphatic carbocycles. The van der Waals surface area contributed by atoms with E-state index in [1.54, 1.807) is 0 Å². The zero-order valence-corrected chi connectivity index (χ0v) is 15.9. The van der Waals surface area contributed by atoms with E-state index in [-0.39, 0.29) is 5.91 Å². The van der Waals surface area contributed by atoms with Crippen LogP contribution < -0.4 is 10.2 Å². The Morgan fingerprint density at radius 3 is 2.65 bits per heavy atom. The van der Waals surface area contributed by atoms with E-state index in [1.807, 2.05) is 60.1 Å². The SMILES string of the molecule is CC(C)Cn1nc(CNC(=O)c2cccc(N(C)C)c2)c2ccccc21. The smallest absolute Gasteiger partial charge is 0.251 e. The van der Waals surface area contributed by atoms with Crippen molar-refractivity contribution in [3.8, 4) is 0 Å². The van der Waals surface area contributed by atoms with Crippen molar-refractivity contribution in [3.05, 3.63) is 59.8 Å². The molecule has 2 aromatic carbocycles. The van der Waals surface area contributed by atoms with Crippen LogP contribution in [-0.4, -0.2) is 29.8 Å². The van der Waals surface area contributed by atoms with Crippen molar-refractivity contribution in [2.75, 3.05) is 19.0 Å². The van der Waals surface area contributed by atoms with Crippen LogP contribution in [0.25, 0.3) is 10.9 Å². The molecule has 0 aliphatic heterocycles. The molecule has 1 N–H and O–H groups in total. The molecule has 0 atom stereocenters. The number of hydrogen-bond donors (Lipinski definition) is 1. The molecular weight excluding hydrogens is 324 g/mol. The lowest BCUT2D eigenvalue weighted by molar-refractivity contribution is 0.0950. The average molecular weight is 350 g/mol. The van der Waals surface area contributed by atoms with E-state index in [0.29, 0.717) is 18.0 Å². The molecule has 136 valence electrons. The molecule has 0 spiro atoms. The first-order valence-corrected chi connectivity index (χ1v) is 8.95. The quantitative estimate of drug-likeness (QED) is 0.738. The maximum atomic E-state index is 12.5. The van der Waals surface area contributed by atoms with E-state index in [0.717, 1.165) is 28.8 Å². The van der Waals surface area contributed by atoms with Gasteiger partial charge in [0.1, 0.15) is 0 Å². The van der Waals surface area contributed by atoms with Crippen molar-refractivity contribution < 1.29 is 4.79 Å². The Kier molecular flexibility index (Phi) is 5.26. The highest BCUT2D eigenvalue weighted by Gasteiger charge is 2.13. The third kappa shape index (κ3) is 3.87. The highest BCUT2D eigenvalue weighted by molar-refractivity contribution is 5.95. The molecule has 3 rings (SSSR count). The van der Waals surface area contributed by atoms with Crippen molar-refractivity contribution in [3.63, 3.8) is 0 Å². The first kappa shape index (κ1) is 18.0. The minimum Gasteiger partial charge on any atom is -0.378 e. The van der Waals surface area contributed by atoms with Crippen molar-refractivity contribution in [2.45, 2.75) is 26.9 Å². The fourth-order valence-corrected chi connectivity index (χ4v) is 3.00. The van der Waals surface area contributed by atoms with Gasteiger partial charge in [0.2, 0.25) is 0 Å². The normalized spacial score (nSPS) is 11.1. The molecule has 1 heterocycles. The Morgan fingerprint density at radius 1 is 1.15 bits per heavy atom. The molecule has 0 radical (unpaired) electrons. The van der Waals surface area contributed by atoms with Gasteiger partial charge in [-0.15, -0.1) is 0 Å². The first-order valence-electron chi connectivity index (χ1n) is 8.95. The molecule has 26 heavy (non-hydrogen) atoms. The Balaban J connectivity index is 1.79. The van der Waals surface area contributed by atoms with Crippen LogP contribution in [0.3, 0.4) is 0 Å². The summed E-state index contributed by atoms with van der Waals surface area (Å²) in [5.41, 5.74) is 3.67. The van der Waals surface area contributed by atoms with E-state index in [9.17, 15) is 4.79 Å². The fraction of sp³-hybridized carbons (Fsp3) is 0.333. The van der Waals surface area contributed by atoms with E-state index < -0.39 is 0 Å². The highest BCUT2D eigenvalue weighted by atomic mass is 16.1. The Labute approximate surface area is 154 Å². The molecule has 0 unspecified atom stereocenters. The lowest BCUT2D eigenvalue weighted by atomic mass is 10.1. The molecule has 5 heteroatoms. The van der Waals surface area contributed by atoms with Crippen LogP contribution in [0.1, 0.15) is 29.9 Å². The van der Waals surface area contributed by atoms with Gasteiger partial charge >= 0.3 is 0 Å². The van der Waals surface area contributed by atoms with Gasteiger partial charge in [0.05, 0.1) is 17.8 Å². The van der Waals surface area contributed by atoms with E-state index >= 15 is 0 Å². The number of nitrogens with zero attached hydrogens (tertiary/aromatic N) is 3. The third-order valence-electron chi connectivity index (χ3n) is 4.31. The summed E-state index contributed by atoms with van der Waals surface area (Å²) in [7, 11) is 3.93. The summed E-state index contributed by atoms with van der Waals surface area (Å²) in [4.78, 5) is 14.5. The summed E-state index contributed by atoms with van der Waals surface area (Å²) in [6, 6.07) is 15.8. The number of hydrogen-bond acceptors (Lipinski definition) is 3. The van der Waals surface area contributed by atoms with Gasteiger partial charge in [-0.2, -0.15) is 5.10 Å². The number of carbonyl (C=O) groups excluding carboxylic acids is 1. The largest absolute Gasteiger partial charge is 0.378 e. The van der Waals surface area contributed by atoms with Crippen molar-refractivity contribution >= 4 is 22.5 Å². The van der Waals surface area contributed by atoms with Gasteiger partial charge in [-0.05, 0) is 30.2 Å². The molecular formula is C21H26N4O. The minimum absolute atomic E-state index is 0.0869. The van der Waals surface area contributed by atoms with Gasteiger partial charge < -0.3 is 10.2 Å². The predicted molar refractivity (Wildman–Crippen MR) is 107 cm³/mol. The number of amides is 1. The molecule has 0 saturated carbocycles. The highest BCUT2D eigenvalue weighted by Crippen LogP contribution is 2.20. The summed E-state index contributed by atoms with van der Waals surface area (Å²) in [6.07, 6.45) is 0. The summed E-state index contributed by atoms with van der Waals surface area (Å²) >= 11 is 0. The Bertz CT molecular complexity index is 911. The first-order chi connectivity index (χ1) is 12.5. The number of nitrogens with one attached hydrogen (secondary N) is 1. The Hall–Kier alpha value is -2.82. The van der Waals surface area contributed by atoms with Gasteiger partial charge in [0.15, 0.2) is 0 Å². The predicted octanol–water partition coefficient (Wildman–Crippen LogP) is 3.69. The standard InChI is InChI=1S/C21H26N4O/c1-15(2)14-25-20-11-6-5-10-18(20)19(23-25)13-22-21(26)16-8-7-9-17(12-16)24(3)4/h5-12,15H,13-14H2,1-4H3,(H,22,26). The van der Waals surface area contributed by atoms with Gasteiger partial charge in [0.25, 0.3) is 5.91 Å². The van der Waals surface area contributed by atoms with E-state index in [4.69, 9.17) is 5.10 Å². The molecule has 0 saturated heterocycles. The fourth-order valence-electron chi connectivity index (χ4n) is 3.00. The summed E-state index contributed by atoms with van der Waals surface area (Å²) in [5, 5.41) is 8.83. The molecule has 3 aromatic rings. The van der Waals surface area contributed by atoms with Crippen LogP contribution in [0.5, 0.6) is 0 Å². The van der Waals surface area contributed by atoms with Crippen LogP contribution in [0.2, 0.25) is 0 Å². The maximum absolute atomic E-state index is 12.5. The molecule has 0 bridgehead atoms. The number of carbonyl (C=O) groups is 1. The number of aromatic nitrogens is 2. The van der Waals surface area contributed by atoms with Crippen molar-refractivity contribution in [1.82, 2.24) is 15.1 Å². The van der Waals surface area contributed by atoms with Crippen LogP contribution in [0, 0.1) is 5.92 Å².